The summed E-state index contributed by atoms with van der Waals surface area (Å²) in [7, 11) is 0. The van der Waals surface area contributed by atoms with Crippen molar-refractivity contribution in [1.82, 2.24) is 0 Å². The molecule has 0 saturated heterocycles. The third-order valence-corrected chi connectivity index (χ3v) is 3.38. The van der Waals surface area contributed by atoms with Crippen LogP contribution in [-0.4, -0.2) is 39.9 Å². The van der Waals surface area contributed by atoms with Crippen LogP contribution in [0.4, 0.5) is 0 Å². The Hall–Kier alpha value is -0.710. The van der Waals surface area contributed by atoms with E-state index in [1.165, 1.54) is 0 Å². The minimum Gasteiger partial charge on any atom is -0.396 e. The maximum Gasteiger partial charge on any atom is 0.129 e. The number of rotatable bonds is 10. The van der Waals surface area contributed by atoms with Gasteiger partial charge in [-0.2, -0.15) is 0 Å². The molecule has 0 aromatic rings. The van der Waals surface area contributed by atoms with E-state index in [4.69, 9.17) is 5.11 Å². The molecular weight excluding hydrogens is 244 g/mol. The highest BCUT2D eigenvalue weighted by atomic mass is 16.3. The van der Waals surface area contributed by atoms with Gasteiger partial charge in [-0.1, -0.05) is 26.0 Å². The van der Waals surface area contributed by atoms with E-state index in [1.54, 1.807) is 13.0 Å². The van der Waals surface area contributed by atoms with E-state index in [2.05, 4.69) is 13.8 Å². The van der Waals surface area contributed by atoms with Gasteiger partial charge in [0.05, 0.1) is 6.61 Å². The molecule has 0 radical (unpaired) electrons. The number of hydrogen-bond acceptors (Lipinski definition) is 4. The van der Waals surface area contributed by atoms with Crippen LogP contribution < -0.4 is 0 Å². The molecule has 0 aliphatic heterocycles. The average molecular weight is 272 g/mol. The zero-order chi connectivity index (χ0) is 14.9. The second-order valence-electron chi connectivity index (χ2n) is 5.60. The number of carbonyl (C=O) groups excluding carboxylic acids is 1. The Labute approximate surface area is 116 Å². The normalized spacial score (nSPS) is 16.8. The molecular formula is C15H28O4. The Morgan fingerprint density at radius 3 is 2.37 bits per heavy atom. The highest BCUT2D eigenvalue weighted by Crippen LogP contribution is 2.22. The lowest BCUT2D eigenvalue weighted by molar-refractivity contribution is -0.117. The molecule has 19 heavy (non-hydrogen) atoms. The number of hydrogen-bond donors (Lipinski definition) is 3. The Balaban J connectivity index is 4.60. The summed E-state index contributed by atoms with van der Waals surface area (Å²) < 4.78 is 0. The molecule has 0 heterocycles. The summed E-state index contributed by atoms with van der Waals surface area (Å²) in [6.45, 7) is 5.35. The van der Waals surface area contributed by atoms with Crippen LogP contribution in [0.2, 0.25) is 0 Å². The fourth-order valence-electron chi connectivity index (χ4n) is 1.92. The van der Waals surface area contributed by atoms with Crippen LogP contribution in [0.5, 0.6) is 0 Å². The van der Waals surface area contributed by atoms with Crippen molar-refractivity contribution in [2.45, 2.75) is 52.1 Å². The number of aliphatic hydroxyl groups excluding tert-OH is 2. The van der Waals surface area contributed by atoms with Crippen LogP contribution in [0.3, 0.4) is 0 Å². The lowest BCUT2D eigenvalue weighted by atomic mass is 9.87. The molecule has 0 rings (SSSR count). The predicted molar refractivity (Wildman–Crippen MR) is 75.7 cm³/mol. The second kappa shape index (κ2) is 9.23. The summed E-state index contributed by atoms with van der Waals surface area (Å²) in [6, 6.07) is 0. The first kappa shape index (κ1) is 18.3. The molecule has 0 fully saturated rings. The topological polar surface area (TPSA) is 77.8 Å². The molecule has 0 bridgehead atoms. The molecule has 4 nitrogen and oxygen atoms in total. The van der Waals surface area contributed by atoms with Crippen molar-refractivity contribution < 1.29 is 20.1 Å². The van der Waals surface area contributed by atoms with E-state index >= 15 is 0 Å². The van der Waals surface area contributed by atoms with E-state index < -0.39 is 5.60 Å². The Morgan fingerprint density at radius 2 is 1.95 bits per heavy atom. The summed E-state index contributed by atoms with van der Waals surface area (Å²) in [4.78, 5) is 11.0. The van der Waals surface area contributed by atoms with Crippen LogP contribution in [-0.2, 0) is 4.79 Å². The molecule has 0 aliphatic rings. The van der Waals surface area contributed by atoms with Gasteiger partial charge in [-0.3, -0.25) is 0 Å². The van der Waals surface area contributed by atoms with Crippen LogP contribution in [0.25, 0.3) is 0 Å². The third-order valence-electron chi connectivity index (χ3n) is 3.38. The van der Waals surface area contributed by atoms with Gasteiger partial charge >= 0.3 is 0 Å². The van der Waals surface area contributed by atoms with Gasteiger partial charge in [0, 0.05) is 13.0 Å². The predicted octanol–water partition coefficient (Wildman–Crippen LogP) is 1.68. The van der Waals surface area contributed by atoms with Gasteiger partial charge in [-0.05, 0) is 38.0 Å². The lowest BCUT2D eigenvalue weighted by Crippen LogP contribution is -2.31. The molecule has 0 aromatic heterocycles. The van der Waals surface area contributed by atoms with E-state index in [1.807, 2.05) is 6.08 Å². The molecule has 2 atom stereocenters. The summed E-state index contributed by atoms with van der Waals surface area (Å²) >= 11 is 0. The monoisotopic (exact) mass is 272 g/mol. The minimum atomic E-state index is -1.27. The van der Waals surface area contributed by atoms with Crippen molar-refractivity contribution in [3.05, 3.63) is 12.2 Å². The quantitative estimate of drug-likeness (QED) is 0.529. The van der Waals surface area contributed by atoms with Gasteiger partial charge in [-0.25, -0.2) is 0 Å². The lowest BCUT2D eigenvalue weighted by Gasteiger charge is -2.23. The maximum absolute atomic E-state index is 11.0. The smallest absolute Gasteiger partial charge is 0.129 e. The summed E-state index contributed by atoms with van der Waals surface area (Å²) in [5.74, 6) is 0.740. The van der Waals surface area contributed by atoms with Crippen LogP contribution in [0.15, 0.2) is 12.2 Å². The Morgan fingerprint density at radius 1 is 1.32 bits per heavy atom. The first-order chi connectivity index (χ1) is 8.84. The van der Waals surface area contributed by atoms with Crippen molar-refractivity contribution >= 4 is 5.78 Å². The van der Waals surface area contributed by atoms with Crippen molar-refractivity contribution in [1.29, 1.82) is 0 Å². The van der Waals surface area contributed by atoms with Crippen molar-refractivity contribution in [2.75, 3.05) is 13.2 Å². The molecule has 0 aromatic carbocycles. The van der Waals surface area contributed by atoms with Gasteiger partial charge < -0.3 is 20.1 Å². The molecule has 3 N–H and O–H groups in total. The minimum absolute atomic E-state index is 0.00586. The molecule has 4 heteroatoms. The van der Waals surface area contributed by atoms with Crippen molar-refractivity contribution in [3.8, 4) is 0 Å². The Kier molecular flexibility index (Phi) is 8.89. The second-order valence-corrected chi connectivity index (χ2v) is 5.60. The van der Waals surface area contributed by atoms with Gasteiger partial charge in [0.15, 0.2) is 0 Å². The standard InChI is InChI=1S/C15H28O4/c1-12(2)14(6-5-13(3)18)7-9-15(19,11-17)8-4-10-16/h7,9,12,14,16-17,19H,4-6,8,10-11H2,1-3H3/t14-,15+/m0/s1. The van der Waals surface area contributed by atoms with E-state index in [9.17, 15) is 15.0 Å². The largest absolute Gasteiger partial charge is 0.396 e. The van der Waals surface area contributed by atoms with Crippen LogP contribution in [0, 0.1) is 11.8 Å². The maximum atomic E-state index is 11.0. The van der Waals surface area contributed by atoms with Gasteiger partial charge in [0.1, 0.15) is 11.4 Å². The van der Waals surface area contributed by atoms with Gasteiger partial charge in [0.25, 0.3) is 0 Å². The molecule has 0 amide bonds. The van der Waals surface area contributed by atoms with Gasteiger partial charge in [0.2, 0.25) is 0 Å². The molecule has 0 saturated carbocycles. The fraction of sp³-hybridized carbons (Fsp3) is 0.800. The molecule has 0 aliphatic carbocycles. The zero-order valence-corrected chi connectivity index (χ0v) is 12.3. The fourth-order valence-corrected chi connectivity index (χ4v) is 1.92. The van der Waals surface area contributed by atoms with Gasteiger partial charge in [-0.15, -0.1) is 0 Å². The highest BCUT2D eigenvalue weighted by Gasteiger charge is 2.22. The number of carbonyl (C=O) groups is 1. The molecule has 0 unspecified atom stereocenters. The SMILES string of the molecule is CC(=O)CC[C@@H](C=C[C@@](O)(CO)CCCO)C(C)C. The van der Waals surface area contributed by atoms with Crippen molar-refractivity contribution in [2.24, 2.45) is 11.8 Å². The molecule has 0 spiro atoms. The summed E-state index contributed by atoms with van der Waals surface area (Å²) in [6.07, 6.45) is 5.57. The number of allylic oxidation sites excluding steroid dienone is 1. The highest BCUT2D eigenvalue weighted by molar-refractivity contribution is 5.75. The number of ketones is 1. The first-order valence-electron chi connectivity index (χ1n) is 6.97. The number of aliphatic hydroxyl groups is 3. The Bertz CT molecular complexity index is 286. The number of Topliss-reactive ketones (excluding diaryl/α,β-unsaturated/α-hetero) is 1. The van der Waals surface area contributed by atoms with E-state index in [-0.39, 0.29) is 24.9 Å². The van der Waals surface area contributed by atoms with Crippen LogP contribution in [0.1, 0.15) is 46.5 Å². The summed E-state index contributed by atoms with van der Waals surface area (Å²) in [5, 5.41) is 28.2. The van der Waals surface area contributed by atoms with E-state index in [0.717, 1.165) is 6.42 Å². The summed E-state index contributed by atoms with van der Waals surface area (Å²) in [5.41, 5.74) is -1.27. The average Bonchev–Trinajstić information content (AvgIpc) is 2.35. The molecule has 112 valence electrons. The van der Waals surface area contributed by atoms with Crippen LogP contribution >= 0.6 is 0 Å². The van der Waals surface area contributed by atoms with E-state index in [0.29, 0.717) is 25.2 Å². The zero-order valence-electron chi connectivity index (χ0n) is 12.3. The van der Waals surface area contributed by atoms with Crippen molar-refractivity contribution in [3.63, 3.8) is 0 Å². The first-order valence-corrected chi connectivity index (χ1v) is 6.97. The third kappa shape index (κ3) is 8.14.